The van der Waals surface area contributed by atoms with Crippen molar-refractivity contribution in [2.45, 2.75) is 25.8 Å². The summed E-state index contributed by atoms with van der Waals surface area (Å²) in [6, 6.07) is 10.8. The third kappa shape index (κ3) is 4.53. The van der Waals surface area contributed by atoms with Gasteiger partial charge in [0.05, 0.1) is 0 Å². The van der Waals surface area contributed by atoms with E-state index in [2.05, 4.69) is 12.2 Å². The van der Waals surface area contributed by atoms with Crippen molar-refractivity contribution in [3.05, 3.63) is 65.2 Å². The van der Waals surface area contributed by atoms with Crippen molar-refractivity contribution < 1.29 is 13.9 Å². The first-order chi connectivity index (χ1) is 10.1. The van der Waals surface area contributed by atoms with Crippen LogP contribution >= 0.6 is 0 Å². The minimum Gasteiger partial charge on any atom is -0.508 e. The summed E-state index contributed by atoms with van der Waals surface area (Å²) in [4.78, 5) is 0. The summed E-state index contributed by atoms with van der Waals surface area (Å²) >= 11 is 0. The van der Waals surface area contributed by atoms with Crippen molar-refractivity contribution in [1.82, 2.24) is 5.32 Å². The van der Waals surface area contributed by atoms with Crippen molar-refractivity contribution in [3.8, 4) is 5.75 Å². The first kappa shape index (κ1) is 15.4. The Bertz CT molecular complexity index is 564. The summed E-state index contributed by atoms with van der Waals surface area (Å²) in [6.07, 6.45) is 1.45. The molecular formula is C17H19F2NO. The van der Waals surface area contributed by atoms with E-state index in [4.69, 9.17) is 0 Å². The van der Waals surface area contributed by atoms with Crippen molar-refractivity contribution >= 4 is 0 Å². The monoisotopic (exact) mass is 291 g/mol. The van der Waals surface area contributed by atoms with Gasteiger partial charge >= 0.3 is 0 Å². The van der Waals surface area contributed by atoms with Crippen LogP contribution in [0.5, 0.6) is 5.75 Å². The average molecular weight is 291 g/mol. The second kappa shape index (κ2) is 7.18. The van der Waals surface area contributed by atoms with Crippen LogP contribution in [0.1, 0.15) is 30.5 Å². The van der Waals surface area contributed by atoms with Crippen LogP contribution in [0.15, 0.2) is 42.5 Å². The Kier molecular flexibility index (Phi) is 5.28. The highest BCUT2D eigenvalue weighted by Gasteiger charge is 2.08. The summed E-state index contributed by atoms with van der Waals surface area (Å²) in [6.45, 7) is 2.69. The maximum atomic E-state index is 13.1. The number of nitrogens with one attached hydrogen (secondary N) is 1. The molecule has 0 heterocycles. The lowest BCUT2D eigenvalue weighted by Crippen LogP contribution is -2.23. The topological polar surface area (TPSA) is 32.3 Å². The van der Waals surface area contributed by atoms with Gasteiger partial charge in [0.1, 0.15) is 17.4 Å². The maximum Gasteiger partial charge on any atom is 0.126 e. The molecule has 1 atom stereocenters. The van der Waals surface area contributed by atoms with Crippen LogP contribution in [0.4, 0.5) is 8.78 Å². The van der Waals surface area contributed by atoms with E-state index >= 15 is 0 Å². The van der Waals surface area contributed by atoms with E-state index < -0.39 is 11.6 Å². The number of rotatable bonds is 6. The Morgan fingerprint density at radius 2 is 1.67 bits per heavy atom. The number of phenols is 1. The molecule has 2 nitrogen and oxygen atoms in total. The van der Waals surface area contributed by atoms with Crippen LogP contribution in [-0.2, 0) is 6.42 Å². The van der Waals surface area contributed by atoms with E-state index in [9.17, 15) is 13.9 Å². The van der Waals surface area contributed by atoms with Gasteiger partial charge < -0.3 is 10.4 Å². The molecule has 0 saturated heterocycles. The summed E-state index contributed by atoms with van der Waals surface area (Å²) in [5.74, 6) is -0.852. The predicted octanol–water partition coefficient (Wildman–Crippen LogP) is 3.95. The van der Waals surface area contributed by atoms with Crippen molar-refractivity contribution in [2.24, 2.45) is 0 Å². The lowest BCUT2D eigenvalue weighted by atomic mass is 10.0. The van der Waals surface area contributed by atoms with E-state index in [1.807, 2.05) is 12.1 Å². The smallest absolute Gasteiger partial charge is 0.126 e. The molecule has 0 aromatic heterocycles. The summed E-state index contributed by atoms with van der Waals surface area (Å²) in [5.41, 5.74) is 1.72. The number of phenolic OH excluding ortho intramolecular Hbond substituents is 1. The summed E-state index contributed by atoms with van der Waals surface area (Å²) < 4.78 is 26.2. The SMILES string of the molecule is CCC(NCCc1cc(F)cc(F)c1)c1ccc(O)cc1. The molecule has 0 amide bonds. The molecule has 112 valence electrons. The zero-order valence-electron chi connectivity index (χ0n) is 11.9. The first-order valence-electron chi connectivity index (χ1n) is 7.05. The molecule has 4 heteroatoms. The Labute approximate surface area is 123 Å². The maximum absolute atomic E-state index is 13.1. The number of halogens is 2. The second-order valence-electron chi connectivity index (χ2n) is 5.03. The zero-order valence-corrected chi connectivity index (χ0v) is 11.9. The van der Waals surface area contributed by atoms with Gasteiger partial charge in [-0.15, -0.1) is 0 Å². The molecule has 2 aromatic carbocycles. The predicted molar refractivity (Wildman–Crippen MR) is 79.2 cm³/mol. The Hall–Kier alpha value is -1.94. The molecule has 2 rings (SSSR count). The van der Waals surface area contributed by atoms with E-state index in [1.54, 1.807) is 12.1 Å². The molecule has 0 fully saturated rings. The molecular weight excluding hydrogens is 272 g/mol. The van der Waals surface area contributed by atoms with Crippen molar-refractivity contribution in [3.63, 3.8) is 0 Å². The number of hydrogen-bond acceptors (Lipinski definition) is 2. The van der Waals surface area contributed by atoms with Gasteiger partial charge in [-0.2, -0.15) is 0 Å². The Morgan fingerprint density at radius 1 is 1.05 bits per heavy atom. The standard InChI is InChI=1S/C17H19F2NO/c1-2-17(13-3-5-16(21)6-4-13)20-8-7-12-9-14(18)11-15(19)10-12/h3-6,9-11,17,20-21H,2,7-8H2,1H3. The van der Waals surface area contributed by atoms with E-state index in [0.29, 0.717) is 18.5 Å². The molecule has 0 aliphatic carbocycles. The fourth-order valence-electron chi connectivity index (χ4n) is 2.35. The lowest BCUT2D eigenvalue weighted by molar-refractivity contribution is 0.473. The van der Waals surface area contributed by atoms with Gasteiger partial charge in [0.2, 0.25) is 0 Å². The van der Waals surface area contributed by atoms with E-state index in [-0.39, 0.29) is 11.8 Å². The summed E-state index contributed by atoms with van der Waals surface area (Å²) in [5, 5.41) is 12.7. The number of hydrogen-bond donors (Lipinski definition) is 2. The molecule has 2 N–H and O–H groups in total. The van der Waals surface area contributed by atoms with Crippen LogP contribution in [-0.4, -0.2) is 11.7 Å². The third-order valence-corrected chi connectivity index (χ3v) is 3.43. The average Bonchev–Trinajstić information content (AvgIpc) is 2.44. The molecule has 0 aliphatic rings. The van der Waals surface area contributed by atoms with Gasteiger partial charge in [0.25, 0.3) is 0 Å². The molecule has 21 heavy (non-hydrogen) atoms. The first-order valence-corrected chi connectivity index (χ1v) is 7.05. The van der Waals surface area contributed by atoms with Crippen LogP contribution in [0.3, 0.4) is 0 Å². The van der Waals surface area contributed by atoms with E-state index in [0.717, 1.165) is 18.1 Å². The highest BCUT2D eigenvalue weighted by Crippen LogP contribution is 2.19. The third-order valence-electron chi connectivity index (χ3n) is 3.43. The minimum absolute atomic E-state index is 0.156. The van der Waals surface area contributed by atoms with Crippen LogP contribution in [0.2, 0.25) is 0 Å². The highest BCUT2D eigenvalue weighted by atomic mass is 19.1. The van der Waals surface area contributed by atoms with Gasteiger partial charge in [-0.3, -0.25) is 0 Å². The Balaban J connectivity index is 1.92. The normalized spacial score (nSPS) is 12.3. The molecule has 0 aliphatic heterocycles. The van der Waals surface area contributed by atoms with Gasteiger partial charge in [-0.25, -0.2) is 8.78 Å². The van der Waals surface area contributed by atoms with Crippen molar-refractivity contribution in [2.75, 3.05) is 6.54 Å². The largest absolute Gasteiger partial charge is 0.508 e. The lowest BCUT2D eigenvalue weighted by Gasteiger charge is -2.17. The van der Waals surface area contributed by atoms with Gasteiger partial charge in [0, 0.05) is 12.1 Å². The minimum atomic E-state index is -0.546. The zero-order chi connectivity index (χ0) is 15.2. The molecule has 0 spiro atoms. The highest BCUT2D eigenvalue weighted by molar-refractivity contribution is 5.28. The molecule has 1 unspecified atom stereocenters. The van der Waals surface area contributed by atoms with Crippen LogP contribution in [0.25, 0.3) is 0 Å². The van der Waals surface area contributed by atoms with Gasteiger partial charge in [0.15, 0.2) is 0 Å². The Morgan fingerprint density at radius 3 is 2.24 bits per heavy atom. The second-order valence-corrected chi connectivity index (χ2v) is 5.03. The van der Waals surface area contributed by atoms with E-state index in [1.165, 1.54) is 12.1 Å². The fraction of sp³-hybridized carbons (Fsp3) is 0.294. The molecule has 0 radical (unpaired) electrons. The molecule has 0 bridgehead atoms. The number of aromatic hydroxyl groups is 1. The van der Waals surface area contributed by atoms with Gasteiger partial charge in [-0.1, -0.05) is 19.1 Å². The van der Waals surface area contributed by atoms with Gasteiger partial charge in [-0.05, 0) is 54.8 Å². The quantitative estimate of drug-likeness (QED) is 0.844. The number of benzene rings is 2. The molecule has 0 saturated carbocycles. The fourth-order valence-corrected chi connectivity index (χ4v) is 2.35. The van der Waals surface area contributed by atoms with Crippen LogP contribution in [0, 0.1) is 11.6 Å². The molecule has 2 aromatic rings. The van der Waals surface area contributed by atoms with Crippen molar-refractivity contribution in [1.29, 1.82) is 0 Å². The van der Waals surface area contributed by atoms with Crippen LogP contribution < -0.4 is 5.32 Å². The summed E-state index contributed by atoms with van der Waals surface area (Å²) in [7, 11) is 0.